The zero-order valence-electron chi connectivity index (χ0n) is 12.6. The predicted octanol–water partition coefficient (Wildman–Crippen LogP) is 4.62. The third-order valence-electron chi connectivity index (χ3n) is 3.02. The van der Waals surface area contributed by atoms with Gasteiger partial charge >= 0.3 is 0 Å². The van der Waals surface area contributed by atoms with Crippen LogP contribution in [-0.2, 0) is 6.42 Å². The molecule has 5 heteroatoms. The van der Waals surface area contributed by atoms with Crippen LogP contribution in [0.2, 0.25) is 5.02 Å². The molecule has 2 aromatic rings. The molecular weight excluding hydrogens is 286 g/mol. The van der Waals surface area contributed by atoms with E-state index in [4.69, 9.17) is 16.3 Å². The number of hydrogen-bond acceptors (Lipinski definition) is 4. The molecule has 0 saturated heterocycles. The van der Waals surface area contributed by atoms with E-state index in [-0.39, 0.29) is 0 Å². The maximum absolute atomic E-state index is 5.98. The largest absolute Gasteiger partial charge is 0.438 e. The Balaban J connectivity index is 2.33. The summed E-state index contributed by atoms with van der Waals surface area (Å²) in [6.07, 6.45) is 1.79. The number of halogens is 1. The minimum absolute atomic E-state index is 0.572. The van der Waals surface area contributed by atoms with E-state index >= 15 is 0 Å². The maximum Gasteiger partial charge on any atom is 0.227 e. The second kappa shape index (κ2) is 7.27. The molecule has 0 amide bonds. The highest BCUT2D eigenvalue weighted by atomic mass is 35.5. The summed E-state index contributed by atoms with van der Waals surface area (Å²) in [5.74, 6) is 2.84. The van der Waals surface area contributed by atoms with Crippen LogP contribution < -0.4 is 10.1 Å². The summed E-state index contributed by atoms with van der Waals surface area (Å²) in [5.41, 5.74) is 0.903. The molecule has 0 bridgehead atoms. The molecule has 21 heavy (non-hydrogen) atoms. The summed E-state index contributed by atoms with van der Waals surface area (Å²) >= 11 is 5.98. The van der Waals surface area contributed by atoms with Crippen molar-refractivity contribution in [1.82, 2.24) is 9.97 Å². The van der Waals surface area contributed by atoms with Crippen molar-refractivity contribution in [2.75, 3.05) is 11.9 Å². The maximum atomic E-state index is 5.98. The van der Waals surface area contributed by atoms with Crippen molar-refractivity contribution in [2.24, 2.45) is 0 Å². The lowest BCUT2D eigenvalue weighted by atomic mass is 10.3. The van der Waals surface area contributed by atoms with Gasteiger partial charge < -0.3 is 10.1 Å². The monoisotopic (exact) mass is 305 g/mol. The van der Waals surface area contributed by atoms with E-state index in [1.54, 1.807) is 6.07 Å². The van der Waals surface area contributed by atoms with Crippen LogP contribution in [0.1, 0.15) is 31.7 Å². The number of nitrogens with one attached hydrogen (secondary N) is 1. The van der Waals surface area contributed by atoms with Crippen molar-refractivity contribution in [3.05, 3.63) is 40.7 Å². The number of hydrogen-bond donors (Lipinski definition) is 1. The zero-order chi connectivity index (χ0) is 15.2. The van der Waals surface area contributed by atoms with E-state index in [2.05, 4.69) is 22.2 Å². The van der Waals surface area contributed by atoms with Gasteiger partial charge in [-0.2, -0.15) is 4.98 Å². The molecule has 4 nitrogen and oxygen atoms in total. The van der Waals surface area contributed by atoms with Crippen molar-refractivity contribution in [2.45, 2.75) is 33.6 Å². The summed E-state index contributed by atoms with van der Waals surface area (Å²) in [4.78, 5) is 8.99. The van der Waals surface area contributed by atoms with Crippen LogP contribution >= 0.6 is 11.6 Å². The second-order valence-electron chi connectivity index (χ2n) is 4.76. The first-order chi connectivity index (χ1) is 10.1. The first-order valence-corrected chi connectivity index (χ1v) is 7.56. The summed E-state index contributed by atoms with van der Waals surface area (Å²) < 4.78 is 5.88. The average molecular weight is 306 g/mol. The van der Waals surface area contributed by atoms with E-state index in [0.29, 0.717) is 16.7 Å². The van der Waals surface area contributed by atoms with E-state index < -0.39 is 0 Å². The summed E-state index contributed by atoms with van der Waals surface area (Å²) in [6.45, 7) is 6.97. The second-order valence-corrected chi connectivity index (χ2v) is 5.19. The topological polar surface area (TPSA) is 47.0 Å². The molecule has 0 saturated carbocycles. The van der Waals surface area contributed by atoms with Crippen molar-refractivity contribution in [3.8, 4) is 11.6 Å². The molecular formula is C16H20ClN3O. The van der Waals surface area contributed by atoms with Crippen LogP contribution in [0, 0.1) is 6.92 Å². The lowest BCUT2D eigenvalue weighted by molar-refractivity contribution is 0.455. The molecule has 0 unspecified atom stereocenters. The Labute approximate surface area is 130 Å². The van der Waals surface area contributed by atoms with Gasteiger partial charge in [0.2, 0.25) is 5.88 Å². The quantitative estimate of drug-likeness (QED) is 0.846. The molecule has 0 fully saturated rings. The molecule has 1 heterocycles. The van der Waals surface area contributed by atoms with Crippen LogP contribution in [0.5, 0.6) is 11.6 Å². The highest BCUT2D eigenvalue weighted by Gasteiger charge is 2.12. The first-order valence-electron chi connectivity index (χ1n) is 7.18. The minimum atomic E-state index is 0.572. The Morgan fingerprint density at radius 2 is 2.05 bits per heavy atom. The molecule has 1 N–H and O–H groups in total. The number of anilines is 1. The highest BCUT2D eigenvalue weighted by molar-refractivity contribution is 6.30. The summed E-state index contributed by atoms with van der Waals surface area (Å²) in [5, 5.41) is 3.96. The zero-order valence-corrected chi connectivity index (χ0v) is 13.4. The van der Waals surface area contributed by atoms with Crippen molar-refractivity contribution in [1.29, 1.82) is 0 Å². The first kappa shape index (κ1) is 15.6. The van der Waals surface area contributed by atoms with Gasteiger partial charge in [-0.15, -0.1) is 0 Å². The van der Waals surface area contributed by atoms with Gasteiger partial charge in [0, 0.05) is 18.0 Å². The number of ether oxygens (including phenoxy) is 1. The smallest absolute Gasteiger partial charge is 0.227 e. The molecule has 112 valence electrons. The Bertz CT molecular complexity index is 616. The molecule has 0 radical (unpaired) electrons. The van der Waals surface area contributed by atoms with Gasteiger partial charge in [-0.25, -0.2) is 4.98 Å². The van der Waals surface area contributed by atoms with E-state index in [0.717, 1.165) is 36.6 Å². The molecule has 2 rings (SSSR count). The Morgan fingerprint density at radius 3 is 2.71 bits per heavy atom. The standard InChI is InChI=1S/C16H20ClN3O/c1-4-9-18-15-11(3)16(20-14(5-2)19-15)21-13-8-6-7-12(17)10-13/h6-8,10H,4-5,9H2,1-3H3,(H,18,19,20). The third kappa shape index (κ3) is 4.08. The van der Waals surface area contributed by atoms with Gasteiger partial charge in [0.25, 0.3) is 0 Å². The van der Waals surface area contributed by atoms with Crippen LogP contribution in [-0.4, -0.2) is 16.5 Å². The van der Waals surface area contributed by atoms with E-state index in [9.17, 15) is 0 Å². The molecule has 0 atom stereocenters. The SMILES string of the molecule is CCCNc1nc(CC)nc(Oc2cccc(Cl)c2)c1C. The molecule has 0 aliphatic heterocycles. The number of aromatic nitrogens is 2. The van der Waals surface area contributed by atoms with Crippen LogP contribution in [0.4, 0.5) is 5.82 Å². The normalized spacial score (nSPS) is 10.5. The molecule has 1 aromatic carbocycles. The number of aryl methyl sites for hydroxylation is 1. The lowest BCUT2D eigenvalue weighted by Gasteiger charge is -2.13. The fraction of sp³-hybridized carbons (Fsp3) is 0.375. The lowest BCUT2D eigenvalue weighted by Crippen LogP contribution is -2.08. The van der Waals surface area contributed by atoms with Gasteiger partial charge in [0.05, 0.1) is 5.56 Å². The van der Waals surface area contributed by atoms with Crippen LogP contribution in [0.15, 0.2) is 24.3 Å². The Hall–Kier alpha value is -1.81. The summed E-state index contributed by atoms with van der Waals surface area (Å²) in [6, 6.07) is 7.30. The van der Waals surface area contributed by atoms with E-state index in [1.165, 1.54) is 0 Å². The Kier molecular flexibility index (Phi) is 5.39. The molecule has 0 spiro atoms. The van der Waals surface area contributed by atoms with Gasteiger partial charge in [-0.1, -0.05) is 31.5 Å². The van der Waals surface area contributed by atoms with Crippen molar-refractivity contribution in [3.63, 3.8) is 0 Å². The number of nitrogens with zero attached hydrogens (tertiary/aromatic N) is 2. The third-order valence-corrected chi connectivity index (χ3v) is 3.25. The molecule has 0 aliphatic carbocycles. The van der Waals surface area contributed by atoms with E-state index in [1.807, 2.05) is 32.0 Å². The van der Waals surface area contributed by atoms with Crippen LogP contribution in [0.3, 0.4) is 0 Å². The van der Waals surface area contributed by atoms with Crippen molar-refractivity contribution >= 4 is 17.4 Å². The molecule has 0 aliphatic rings. The predicted molar refractivity (Wildman–Crippen MR) is 86.5 cm³/mol. The highest BCUT2D eigenvalue weighted by Crippen LogP contribution is 2.28. The number of benzene rings is 1. The van der Waals surface area contributed by atoms with Gasteiger partial charge in [0.1, 0.15) is 17.4 Å². The minimum Gasteiger partial charge on any atom is -0.438 e. The fourth-order valence-corrected chi connectivity index (χ4v) is 2.04. The molecule has 1 aromatic heterocycles. The Morgan fingerprint density at radius 1 is 1.24 bits per heavy atom. The number of rotatable bonds is 6. The fourth-order valence-electron chi connectivity index (χ4n) is 1.86. The van der Waals surface area contributed by atoms with Gasteiger partial charge in [-0.05, 0) is 31.5 Å². The average Bonchev–Trinajstić information content (AvgIpc) is 2.48. The van der Waals surface area contributed by atoms with Gasteiger partial charge in [0.15, 0.2) is 0 Å². The van der Waals surface area contributed by atoms with Crippen molar-refractivity contribution < 1.29 is 4.74 Å². The summed E-state index contributed by atoms with van der Waals surface area (Å²) in [7, 11) is 0. The van der Waals surface area contributed by atoms with Gasteiger partial charge in [-0.3, -0.25) is 0 Å². The van der Waals surface area contributed by atoms with Crippen LogP contribution in [0.25, 0.3) is 0 Å².